The van der Waals surface area contributed by atoms with Crippen LogP contribution in [0, 0.1) is 0 Å². The highest BCUT2D eigenvalue weighted by atomic mass is 35.5. The zero-order chi connectivity index (χ0) is 11.6. The Labute approximate surface area is 101 Å². The van der Waals surface area contributed by atoms with Crippen molar-refractivity contribution in [1.82, 2.24) is 4.31 Å². The molecule has 0 spiro atoms. The molecule has 1 saturated heterocycles. The maximum absolute atomic E-state index is 12.0. The first-order valence-electron chi connectivity index (χ1n) is 5.30. The van der Waals surface area contributed by atoms with E-state index in [1.54, 1.807) is 28.6 Å². The minimum atomic E-state index is -3.16. The van der Waals surface area contributed by atoms with Gasteiger partial charge in [0.15, 0.2) is 0 Å². The molecule has 0 aliphatic carbocycles. The van der Waals surface area contributed by atoms with Gasteiger partial charge in [-0.1, -0.05) is 23.7 Å². The van der Waals surface area contributed by atoms with Crippen LogP contribution in [0.25, 0.3) is 0 Å². The third-order valence-corrected chi connectivity index (χ3v) is 4.78. The van der Waals surface area contributed by atoms with Crippen molar-refractivity contribution in [2.24, 2.45) is 0 Å². The van der Waals surface area contributed by atoms with E-state index in [0.29, 0.717) is 18.1 Å². The molecule has 0 N–H and O–H groups in total. The fourth-order valence-corrected chi connectivity index (χ4v) is 3.71. The fourth-order valence-electron chi connectivity index (χ4n) is 1.89. The minimum absolute atomic E-state index is 0.0492. The Balaban J connectivity index is 2.14. The van der Waals surface area contributed by atoms with Crippen molar-refractivity contribution in [1.29, 1.82) is 0 Å². The molecule has 0 saturated carbocycles. The molecule has 1 aliphatic rings. The standard InChI is InChI=1S/C11H14ClNO2S/c12-11-5-3-4-10(8-11)9-16(14,15)13-6-1-2-7-13/h3-5,8H,1-2,6-7,9H2. The van der Waals surface area contributed by atoms with E-state index in [1.165, 1.54) is 0 Å². The third kappa shape index (κ3) is 2.75. The SMILES string of the molecule is O=S(=O)(Cc1cccc(Cl)c1)N1CCCC1. The van der Waals surface area contributed by atoms with Gasteiger partial charge in [0.05, 0.1) is 5.75 Å². The molecule has 0 radical (unpaired) electrons. The van der Waals surface area contributed by atoms with Gasteiger partial charge in [-0.05, 0) is 30.5 Å². The van der Waals surface area contributed by atoms with Crippen molar-refractivity contribution in [2.45, 2.75) is 18.6 Å². The lowest BCUT2D eigenvalue weighted by Gasteiger charge is -2.15. The highest BCUT2D eigenvalue weighted by molar-refractivity contribution is 7.88. The second kappa shape index (κ2) is 4.73. The molecule has 1 aromatic rings. The molecule has 1 aliphatic heterocycles. The van der Waals surface area contributed by atoms with E-state index in [9.17, 15) is 8.42 Å². The Morgan fingerprint density at radius 2 is 1.94 bits per heavy atom. The number of nitrogens with zero attached hydrogens (tertiary/aromatic N) is 1. The normalized spacial score (nSPS) is 17.8. The summed E-state index contributed by atoms with van der Waals surface area (Å²) in [6, 6.07) is 7.01. The number of halogens is 1. The second-order valence-corrected chi connectivity index (χ2v) is 6.40. The average molecular weight is 260 g/mol. The fraction of sp³-hybridized carbons (Fsp3) is 0.455. The molecule has 2 rings (SSSR count). The summed E-state index contributed by atoms with van der Waals surface area (Å²) in [5.74, 6) is 0.0492. The Bertz CT molecular complexity index is 467. The first kappa shape index (κ1) is 11.9. The van der Waals surface area contributed by atoms with Gasteiger partial charge in [-0.3, -0.25) is 0 Å². The van der Waals surface area contributed by atoms with Crippen LogP contribution in [0.3, 0.4) is 0 Å². The maximum Gasteiger partial charge on any atom is 0.218 e. The van der Waals surface area contributed by atoms with Gasteiger partial charge in [-0.15, -0.1) is 0 Å². The Kier molecular flexibility index (Phi) is 3.52. The van der Waals surface area contributed by atoms with Crippen molar-refractivity contribution in [3.8, 4) is 0 Å². The number of hydrogen-bond acceptors (Lipinski definition) is 2. The van der Waals surface area contributed by atoms with Gasteiger partial charge < -0.3 is 0 Å². The summed E-state index contributed by atoms with van der Waals surface area (Å²) in [4.78, 5) is 0. The lowest BCUT2D eigenvalue weighted by molar-refractivity contribution is 0.476. The van der Waals surface area contributed by atoms with Gasteiger partial charge in [0.25, 0.3) is 0 Å². The highest BCUT2D eigenvalue weighted by Crippen LogP contribution is 2.18. The van der Waals surface area contributed by atoms with Gasteiger partial charge in [-0.2, -0.15) is 0 Å². The molecule has 1 fully saturated rings. The van der Waals surface area contributed by atoms with Crippen LogP contribution in [0.15, 0.2) is 24.3 Å². The predicted octanol–water partition coefficient (Wildman–Crippen LogP) is 2.27. The van der Waals surface area contributed by atoms with Crippen LogP contribution in [-0.2, 0) is 15.8 Å². The maximum atomic E-state index is 12.0. The van der Waals surface area contributed by atoms with E-state index in [4.69, 9.17) is 11.6 Å². The van der Waals surface area contributed by atoms with Crippen LogP contribution in [0.5, 0.6) is 0 Å². The molecule has 0 unspecified atom stereocenters. The molecule has 1 aromatic carbocycles. The molecule has 3 nitrogen and oxygen atoms in total. The molecule has 0 atom stereocenters. The number of benzene rings is 1. The zero-order valence-electron chi connectivity index (χ0n) is 8.89. The van der Waals surface area contributed by atoms with E-state index < -0.39 is 10.0 Å². The van der Waals surface area contributed by atoms with Crippen LogP contribution in [-0.4, -0.2) is 25.8 Å². The third-order valence-electron chi connectivity index (χ3n) is 2.70. The Morgan fingerprint density at radius 1 is 1.25 bits per heavy atom. The van der Waals surface area contributed by atoms with Crippen LogP contribution < -0.4 is 0 Å². The topological polar surface area (TPSA) is 37.4 Å². The van der Waals surface area contributed by atoms with Crippen LogP contribution >= 0.6 is 11.6 Å². The number of sulfonamides is 1. The molecular formula is C11H14ClNO2S. The molecule has 1 heterocycles. The van der Waals surface area contributed by atoms with Crippen molar-refractivity contribution < 1.29 is 8.42 Å². The summed E-state index contributed by atoms with van der Waals surface area (Å²) >= 11 is 5.82. The van der Waals surface area contributed by atoms with Crippen LogP contribution in [0.1, 0.15) is 18.4 Å². The largest absolute Gasteiger partial charge is 0.218 e. The van der Waals surface area contributed by atoms with Crippen molar-refractivity contribution in [2.75, 3.05) is 13.1 Å². The Morgan fingerprint density at radius 3 is 2.56 bits per heavy atom. The lowest BCUT2D eigenvalue weighted by atomic mass is 10.2. The molecule has 5 heteroatoms. The number of rotatable bonds is 3. The van der Waals surface area contributed by atoms with Crippen molar-refractivity contribution >= 4 is 21.6 Å². The van der Waals surface area contributed by atoms with Crippen molar-refractivity contribution in [3.05, 3.63) is 34.9 Å². The van der Waals surface area contributed by atoms with E-state index in [0.717, 1.165) is 18.4 Å². The lowest BCUT2D eigenvalue weighted by Crippen LogP contribution is -2.29. The predicted molar refractivity (Wildman–Crippen MR) is 64.9 cm³/mol. The molecule has 0 aromatic heterocycles. The van der Waals surface area contributed by atoms with Gasteiger partial charge in [0.1, 0.15) is 0 Å². The second-order valence-electron chi connectivity index (χ2n) is 3.99. The molecule has 88 valence electrons. The first-order valence-corrected chi connectivity index (χ1v) is 7.29. The molecule has 0 amide bonds. The number of hydrogen-bond donors (Lipinski definition) is 0. The zero-order valence-corrected chi connectivity index (χ0v) is 10.5. The van der Waals surface area contributed by atoms with Gasteiger partial charge in [0.2, 0.25) is 10.0 Å². The highest BCUT2D eigenvalue weighted by Gasteiger charge is 2.25. The average Bonchev–Trinajstić information content (AvgIpc) is 2.69. The summed E-state index contributed by atoms with van der Waals surface area (Å²) in [5.41, 5.74) is 0.749. The van der Waals surface area contributed by atoms with Gasteiger partial charge >= 0.3 is 0 Å². The molecular weight excluding hydrogens is 246 g/mol. The minimum Gasteiger partial charge on any atom is -0.212 e. The van der Waals surface area contributed by atoms with Gasteiger partial charge in [0, 0.05) is 18.1 Å². The summed E-state index contributed by atoms with van der Waals surface area (Å²) in [6.45, 7) is 1.31. The van der Waals surface area contributed by atoms with Crippen molar-refractivity contribution in [3.63, 3.8) is 0 Å². The van der Waals surface area contributed by atoms with Gasteiger partial charge in [-0.25, -0.2) is 12.7 Å². The summed E-state index contributed by atoms with van der Waals surface area (Å²) in [7, 11) is -3.16. The van der Waals surface area contributed by atoms with Crippen LogP contribution in [0.4, 0.5) is 0 Å². The monoisotopic (exact) mass is 259 g/mol. The van der Waals surface area contributed by atoms with Crippen LogP contribution in [0.2, 0.25) is 5.02 Å². The molecule has 0 bridgehead atoms. The summed E-state index contributed by atoms with van der Waals surface area (Å²) < 4.78 is 25.6. The van der Waals surface area contributed by atoms with E-state index in [-0.39, 0.29) is 5.75 Å². The van der Waals surface area contributed by atoms with E-state index in [1.807, 2.05) is 0 Å². The van der Waals surface area contributed by atoms with E-state index >= 15 is 0 Å². The summed E-state index contributed by atoms with van der Waals surface area (Å²) in [5, 5.41) is 0.578. The van der Waals surface area contributed by atoms with E-state index in [2.05, 4.69) is 0 Å². The molecule has 16 heavy (non-hydrogen) atoms. The smallest absolute Gasteiger partial charge is 0.212 e. The Hall–Kier alpha value is -0.580. The summed E-state index contributed by atoms with van der Waals surface area (Å²) in [6.07, 6.45) is 1.93. The quantitative estimate of drug-likeness (QED) is 0.835. The first-order chi connectivity index (χ1) is 7.58.